The maximum atomic E-state index is 14.5. The molecule has 9 heteroatoms. The lowest BCUT2D eigenvalue weighted by atomic mass is 10.0. The van der Waals surface area contributed by atoms with Gasteiger partial charge in [0.1, 0.15) is 0 Å². The van der Waals surface area contributed by atoms with Gasteiger partial charge >= 0.3 is 0 Å². The Bertz CT molecular complexity index is 1500. The number of amides is 1. The Labute approximate surface area is 220 Å². The van der Waals surface area contributed by atoms with Crippen molar-refractivity contribution in [2.45, 2.75) is 6.04 Å². The van der Waals surface area contributed by atoms with E-state index in [0.29, 0.717) is 31.1 Å². The zero-order chi connectivity index (χ0) is 26.8. The van der Waals surface area contributed by atoms with Gasteiger partial charge < -0.3 is 14.7 Å². The third-order valence-corrected chi connectivity index (χ3v) is 6.90. The summed E-state index contributed by atoms with van der Waals surface area (Å²) < 4.78 is 15.9. The van der Waals surface area contributed by atoms with Gasteiger partial charge in [-0.2, -0.15) is 0 Å². The minimum Gasteiger partial charge on any atom is -0.378 e. The fourth-order valence-corrected chi connectivity index (χ4v) is 4.77. The number of pyridine rings is 1. The summed E-state index contributed by atoms with van der Waals surface area (Å²) in [7, 11) is 5.61. The van der Waals surface area contributed by atoms with E-state index in [1.807, 2.05) is 83.4 Å². The lowest BCUT2D eigenvalue weighted by Gasteiger charge is -2.42. The Hall–Kier alpha value is -4.53. The lowest BCUT2D eigenvalue weighted by molar-refractivity contribution is 0.0653. The first-order valence-electron chi connectivity index (χ1n) is 12.4. The number of hydrogen-bond donors (Lipinski definition) is 0. The van der Waals surface area contributed by atoms with E-state index in [1.165, 1.54) is 22.9 Å². The molecule has 0 radical (unpaired) electrons. The molecule has 0 unspecified atom stereocenters. The fourth-order valence-electron chi connectivity index (χ4n) is 4.77. The van der Waals surface area contributed by atoms with Crippen molar-refractivity contribution in [3.05, 3.63) is 106 Å². The molecular formula is C29H29FN6O2. The Morgan fingerprint density at radius 2 is 1.76 bits per heavy atom. The van der Waals surface area contributed by atoms with Gasteiger partial charge in [-0.25, -0.2) is 9.37 Å². The first-order valence-corrected chi connectivity index (χ1v) is 12.4. The van der Waals surface area contributed by atoms with Gasteiger partial charge in [0, 0.05) is 69.9 Å². The number of hydrogen-bond acceptors (Lipinski definition) is 6. The predicted octanol–water partition coefficient (Wildman–Crippen LogP) is 3.75. The van der Waals surface area contributed by atoms with E-state index >= 15 is 0 Å². The zero-order valence-electron chi connectivity index (χ0n) is 21.6. The molecule has 0 bridgehead atoms. The minimum atomic E-state index is -0.545. The SMILES string of the molecule is CN(C)c1ccc([C@H]2CN(c3nc(-c4ccncc4F)cc(=O)n3C)CCN2C(=O)c2ccccc2)cc1. The average molecular weight is 513 g/mol. The van der Waals surface area contributed by atoms with Crippen LogP contribution in [0.15, 0.2) is 83.9 Å². The van der Waals surface area contributed by atoms with E-state index < -0.39 is 5.82 Å². The second kappa shape index (κ2) is 10.5. The van der Waals surface area contributed by atoms with E-state index in [9.17, 15) is 14.0 Å². The molecule has 1 aliphatic heterocycles. The Balaban J connectivity index is 1.53. The second-order valence-electron chi connectivity index (χ2n) is 9.51. The molecule has 2 aromatic carbocycles. The number of carbonyl (C=O) groups is 1. The average Bonchev–Trinajstić information content (AvgIpc) is 2.94. The number of rotatable bonds is 5. The molecular weight excluding hydrogens is 483 g/mol. The normalized spacial score (nSPS) is 15.4. The number of piperazine rings is 1. The van der Waals surface area contributed by atoms with Crippen LogP contribution in [0.2, 0.25) is 0 Å². The van der Waals surface area contributed by atoms with E-state index in [4.69, 9.17) is 4.98 Å². The third-order valence-electron chi connectivity index (χ3n) is 6.90. The molecule has 38 heavy (non-hydrogen) atoms. The monoisotopic (exact) mass is 512 g/mol. The van der Waals surface area contributed by atoms with Gasteiger partial charge in [-0.05, 0) is 35.9 Å². The van der Waals surface area contributed by atoms with Crippen LogP contribution in [-0.4, -0.2) is 59.1 Å². The van der Waals surface area contributed by atoms with Crippen LogP contribution in [0, 0.1) is 5.82 Å². The van der Waals surface area contributed by atoms with Gasteiger partial charge in [0.25, 0.3) is 11.5 Å². The molecule has 194 valence electrons. The summed E-state index contributed by atoms with van der Waals surface area (Å²) in [5, 5.41) is 0. The molecule has 1 amide bonds. The minimum absolute atomic E-state index is 0.0543. The van der Waals surface area contributed by atoms with E-state index in [1.54, 1.807) is 7.05 Å². The van der Waals surface area contributed by atoms with Crippen molar-refractivity contribution in [2.75, 3.05) is 43.5 Å². The second-order valence-corrected chi connectivity index (χ2v) is 9.51. The molecule has 1 fully saturated rings. The summed E-state index contributed by atoms with van der Waals surface area (Å²) in [6.07, 6.45) is 2.58. The standard InChI is InChI=1S/C29H29FN6O2/c1-33(2)22-11-9-20(10-12-22)26-19-35(15-16-36(26)28(38)21-7-5-4-6-8-21)29-32-25(17-27(37)34(29)3)23-13-14-31-18-24(23)30/h4-14,17-18,26H,15-16,19H2,1-3H3/t26-/m1/s1. The Morgan fingerprint density at radius 1 is 1.03 bits per heavy atom. The van der Waals surface area contributed by atoms with Crippen LogP contribution in [0.25, 0.3) is 11.3 Å². The molecule has 0 spiro atoms. The van der Waals surface area contributed by atoms with Crippen LogP contribution in [0.5, 0.6) is 0 Å². The molecule has 1 saturated heterocycles. The topological polar surface area (TPSA) is 74.6 Å². The fraction of sp³-hybridized carbons (Fsp3) is 0.241. The molecule has 8 nitrogen and oxygen atoms in total. The maximum Gasteiger partial charge on any atom is 0.255 e. The maximum absolute atomic E-state index is 14.5. The Kier molecular flexibility index (Phi) is 6.91. The molecule has 0 N–H and O–H groups in total. The molecule has 5 rings (SSSR count). The van der Waals surface area contributed by atoms with Crippen molar-refractivity contribution >= 4 is 17.5 Å². The summed E-state index contributed by atoms with van der Waals surface area (Å²) >= 11 is 0. The van der Waals surface area contributed by atoms with Crippen LogP contribution in [-0.2, 0) is 7.05 Å². The highest BCUT2D eigenvalue weighted by molar-refractivity contribution is 5.94. The number of halogens is 1. The van der Waals surface area contributed by atoms with Gasteiger partial charge in [-0.1, -0.05) is 30.3 Å². The molecule has 4 aromatic rings. The van der Waals surface area contributed by atoms with Crippen molar-refractivity contribution < 1.29 is 9.18 Å². The molecule has 0 saturated carbocycles. The summed E-state index contributed by atoms with van der Waals surface area (Å²) in [4.78, 5) is 40.8. The summed E-state index contributed by atoms with van der Waals surface area (Å²) in [5.74, 6) is -0.178. The lowest BCUT2D eigenvalue weighted by Crippen LogP contribution is -2.52. The van der Waals surface area contributed by atoms with Crippen LogP contribution in [0.4, 0.5) is 16.0 Å². The van der Waals surface area contributed by atoms with Gasteiger partial charge in [0.2, 0.25) is 5.95 Å². The van der Waals surface area contributed by atoms with Crippen LogP contribution in [0.1, 0.15) is 22.0 Å². The van der Waals surface area contributed by atoms with Gasteiger partial charge in [0.05, 0.1) is 17.9 Å². The van der Waals surface area contributed by atoms with E-state index in [0.717, 1.165) is 17.4 Å². The number of carbonyl (C=O) groups excluding carboxylic acids is 1. The smallest absolute Gasteiger partial charge is 0.255 e. The third kappa shape index (κ3) is 4.87. The van der Waals surface area contributed by atoms with Crippen molar-refractivity contribution in [1.82, 2.24) is 19.4 Å². The summed E-state index contributed by atoms with van der Waals surface area (Å²) in [6.45, 7) is 1.31. The Morgan fingerprint density at radius 3 is 2.45 bits per heavy atom. The molecule has 0 aliphatic carbocycles. The summed E-state index contributed by atoms with van der Waals surface area (Å²) in [6, 6.07) is 19.9. The van der Waals surface area contributed by atoms with Crippen molar-refractivity contribution in [2.24, 2.45) is 7.05 Å². The van der Waals surface area contributed by atoms with Gasteiger partial charge in [-0.15, -0.1) is 0 Å². The molecule has 1 aliphatic rings. The van der Waals surface area contributed by atoms with Gasteiger partial charge in [0.15, 0.2) is 5.82 Å². The highest BCUT2D eigenvalue weighted by atomic mass is 19.1. The van der Waals surface area contributed by atoms with Crippen molar-refractivity contribution in [3.63, 3.8) is 0 Å². The first-order chi connectivity index (χ1) is 18.3. The van der Waals surface area contributed by atoms with Crippen LogP contribution >= 0.6 is 0 Å². The predicted molar refractivity (Wildman–Crippen MR) is 146 cm³/mol. The first kappa shape index (κ1) is 25.1. The molecule has 2 aromatic heterocycles. The van der Waals surface area contributed by atoms with Crippen molar-refractivity contribution in [1.29, 1.82) is 0 Å². The number of benzene rings is 2. The summed E-state index contributed by atoms with van der Waals surface area (Å²) in [5.41, 5.74) is 2.82. The number of nitrogens with zero attached hydrogens (tertiary/aromatic N) is 6. The largest absolute Gasteiger partial charge is 0.378 e. The van der Waals surface area contributed by atoms with E-state index in [-0.39, 0.29) is 28.8 Å². The van der Waals surface area contributed by atoms with Gasteiger partial charge in [-0.3, -0.25) is 19.1 Å². The highest BCUT2D eigenvalue weighted by Gasteiger charge is 2.34. The van der Waals surface area contributed by atoms with Crippen molar-refractivity contribution in [3.8, 4) is 11.3 Å². The zero-order valence-corrected chi connectivity index (χ0v) is 21.6. The molecule has 3 heterocycles. The van der Waals surface area contributed by atoms with Crippen LogP contribution < -0.4 is 15.4 Å². The highest BCUT2D eigenvalue weighted by Crippen LogP contribution is 2.31. The number of aromatic nitrogens is 3. The quantitative estimate of drug-likeness (QED) is 0.406. The molecule has 1 atom stereocenters. The van der Waals surface area contributed by atoms with Crippen LogP contribution in [0.3, 0.4) is 0 Å². The van der Waals surface area contributed by atoms with E-state index in [2.05, 4.69) is 4.98 Å². The number of anilines is 2.